The summed E-state index contributed by atoms with van der Waals surface area (Å²) in [4.78, 5) is 2.51. The molecule has 0 saturated heterocycles. The first-order chi connectivity index (χ1) is 9.15. The number of nitrogens with two attached hydrogens (primary N) is 1. The molecule has 2 N–H and O–H groups in total. The standard InChI is InChI=1S/C15H22BrClN2/c1-2-7-19(10-11-3-4-11)15(9-18)13-8-12(16)5-6-14(13)17/h5-6,8,11,15H,2-4,7,9-10,18H2,1H3. The molecule has 1 aliphatic rings. The first-order valence-corrected chi connectivity index (χ1v) is 8.21. The van der Waals surface area contributed by atoms with Crippen LogP contribution in [0.2, 0.25) is 5.02 Å². The lowest BCUT2D eigenvalue weighted by Gasteiger charge is -2.31. The summed E-state index contributed by atoms with van der Waals surface area (Å²) in [5.41, 5.74) is 7.18. The van der Waals surface area contributed by atoms with Crippen molar-refractivity contribution in [3.63, 3.8) is 0 Å². The lowest BCUT2D eigenvalue weighted by Crippen LogP contribution is -2.36. The van der Waals surface area contributed by atoms with E-state index in [2.05, 4.69) is 33.8 Å². The van der Waals surface area contributed by atoms with Crippen molar-refractivity contribution in [3.05, 3.63) is 33.3 Å². The van der Waals surface area contributed by atoms with Gasteiger partial charge in [0.1, 0.15) is 0 Å². The minimum Gasteiger partial charge on any atom is -0.329 e. The van der Waals surface area contributed by atoms with Crippen LogP contribution in [0.5, 0.6) is 0 Å². The smallest absolute Gasteiger partial charge is 0.0485 e. The Hall–Kier alpha value is -0.0900. The molecule has 2 nitrogen and oxygen atoms in total. The lowest BCUT2D eigenvalue weighted by atomic mass is 10.0. The van der Waals surface area contributed by atoms with Crippen LogP contribution in [0.15, 0.2) is 22.7 Å². The normalized spacial score (nSPS) is 16.9. The van der Waals surface area contributed by atoms with Crippen molar-refractivity contribution in [1.29, 1.82) is 0 Å². The van der Waals surface area contributed by atoms with Gasteiger partial charge in [-0.15, -0.1) is 0 Å². The summed E-state index contributed by atoms with van der Waals surface area (Å²) in [6.07, 6.45) is 3.88. The van der Waals surface area contributed by atoms with Crippen LogP contribution in [0.3, 0.4) is 0 Å². The van der Waals surface area contributed by atoms with Crippen LogP contribution >= 0.6 is 27.5 Å². The second-order valence-corrected chi connectivity index (χ2v) is 6.68. The quantitative estimate of drug-likeness (QED) is 0.801. The second kappa shape index (κ2) is 7.07. The number of nitrogens with zero attached hydrogens (tertiary/aromatic N) is 1. The topological polar surface area (TPSA) is 29.3 Å². The molecular formula is C15H22BrClN2. The molecule has 1 unspecified atom stereocenters. The number of benzene rings is 1. The molecule has 19 heavy (non-hydrogen) atoms. The molecule has 1 aromatic rings. The van der Waals surface area contributed by atoms with E-state index in [4.69, 9.17) is 17.3 Å². The fourth-order valence-electron chi connectivity index (χ4n) is 2.54. The average molecular weight is 346 g/mol. The molecule has 1 saturated carbocycles. The van der Waals surface area contributed by atoms with Crippen LogP contribution in [0.1, 0.15) is 37.8 Å². The van der Waals surface area contributed by atoms with Crippen molar-refractivity contribution in [2.75, 3.05) is 19.6 Å². The molecule has 1 fully saturated rings. The molecule has 0 radical (unpaired) electrons. The van der Waals surface area contributed by atoms with Gasteiger partial charge in [0.2, 0.25) is 0 Å². The van der Waals surface area contributed by atoms with Crippen molar-refractivity contribution in [2.45, 2.75) is 32.2 Å². The molecule has 1 aliphatic carbocycles. The summed E-state index contributed by atoms with van der Waals surface area (Å²) in [5, 5.41) is 0.815. The maximum absolute atomic E-state index is 6.36. The van der Waals surface area contributed by atoms with E-state index in [-0.39, 0.29) is 6.04 Å². The highest BCUT2D eigenvalue weighted by Gasteiger charge is 2.28. The van der Waals surface area contributed by atoms with Gasteiger partial charge in [0.15, 0.2) is 0 Å². The highest BCUT2D eigenvalue weighted by atomic mass is 79.9. The molecule has 2 rings (SSSR count). The van der Waals surface area contributed by atoms with Gasteiger partial charge in [0, 0.05) is 28.6 Å². The third-order valence-electron chi connectivity index (χ3n) is 3.68. The van der Waals surface area contributed by atoms with Crippen molar-refractivity contribution in [3.8, 4) is 0 Å². The minimum absolute atomic E-state index is 0.227. The largest absolute Gasteiger partial charge is 0.329 e. The van der Waals surface area contributed by atoms with Crippen LogP contribution in [0.25, 0.3) is 0 Å². The van der Waals surface area contributed by atoms with E-state index in [9.17, 15) is 0 Å². The SMILES string of the molecule is CCCN(CC1CC1)C(CN)c1cc(Br)ccc1Cl. The number of rotatable bonds is 7. The van der Waals surface area contributed by atoms with Crippen molar-refractivity contribution in [1.82, 2.24) is 4.90 Å². The third kappa shape index (κ3) is 4.19. The van der Waals surface area contributed by atoms with Gasteiger partial charge < -0.3 is 5.73 Å². The predicted molar refractivity (Wildman–Crippen MR) is 85.5 cm³/mol. The van der Waals surface area contributed by atoms with Crippen LogP contribution in [-0.4, -0.2) is 24.5 Å². The average Bonchev–Trinajstić information content (AvgIpc) is 3.18. The second-order valence-electron chi connectivity index (χ2n) is 5.36. The van der Waals surface area contributed by atoms with Gasteiger partial charge in [-0.3, -0.25) is 4.90 Å². The Balaban J connectivity index is 2.21. The molecule has 0 aliphatic heterocycles. The molecule has 4 heteroatoms. The van der Waals surface area contributed by atoms with E-state index in [0.717, 1.165) is 40.5 Å². The molecule has 0 amide bonds. The molecule has 0 spiro atoms. The van der Waals surface area contributed by atoms with Crippen LogP contribution in [0.4, 0.5) is 0 Å². The Morgan fingerprint density at radius 1 is 1.47 bits per heavy atom. The van der Waals surface area contributed by atoms with E-state index in [1.807, 2.05) is 12.1 Å². The van der Waals surface area contributed by atoms with E-state index in [1.165, 1.54) is 12.8 Å². The summed E-state index contributed by atoms with van der Waals surface area (Å²) in [6, 6.07) is 6.26. The molecule has 0 bridgehead atoms. The molecule has 1 atom stereocenters. The molecular weight excluding hydrogens is 324 g/mol. The zero-order valence-electron chi connectivity index (χ0n) is 11.4. The van der Waals surface area contributed by atoms with Crippen LogP contribution < -0.4 is 5.73 Å². The maximum Gasteiger partial charge on any atom is 0.0485 e. The summed E-state index contributed by atoms with van der Waals surface area (Å²) in [6.45, 7) is 5.07. The Bertz CT molecular complexity index is 421. The zero-order valence-corrected chi connectivity index (χ0v) is 13.8. The van der Waals surface area contributed by atoms with Gasteiger partial charge in [-0.05, 0) is 55.5 Å². The fourth-order valence-corrected chi connectivity index (χ4v) is 3.16. The Morgan fingerprint density at radius 2 is 2.21 bits per heavy atom. The van der Waals surface area contributed by atoms with E-state index < -0.39 is 0 Å². The fraction of sp³-hybridized carbons (Fsp3) is 0.600. The highest BCUT2D eigenvalue weighted by Crippen LogP contribution is 2.35. The Morgan fingerprint density at radius 3 is 2.79 bits per heavy atom. The summed E-state index contributed by atoms with van der Waals surface area (Å²) < 4.78 is 1.06. The van der Waals surface area contributed by atoms with Crippen LogP contribution in [0, 0.1) is 5.92 Å². The van der Waals surface area contributed by atoms with Gasteiger partial charge in [0.05, 0.1) is 0 Å². The van der Waals surface area contributed by atoms with Gasteiger partial charge in [-0.25, -0.2) is 0 Å². The summed E-state index contributed by atoms with van der Waals surface area (Å²) in [5.74, 6) is 0.867. The van der Waals surface area contributed by atoms with Gasteiger partial charge in [-0.2, -0.15) is 0 Å². The van der Waals surface area contributed by atoms with Crippen molar-refractivity contribution in [2.24, 2.45) is 11.7 Å². The van der Waals surface area contributed by atoms with E-state index in [0.29, 0.717) is 6.54 Å². The lowest BCUT2D eigenvalue weighted by molar-refractivity contribution is 0.193. The first kappa shape index (κ1) is 15.3. The number of hydrogen-bond donors (Lipinski definition) is 1. The zero-order chi connectivity index (χ0) is 13.8. The van der Waals surface area contributed by atoms with Gasteiger partial charge >= 0.3 is 0 Å². The number of hydrogen-bond acceptors (Lipinski definition) is 2. The van der Waals surface area contributed by atoms with Crippen molar-refractivity contribution < 1.29 is 0 Å². The van der Waals surface area contributed by atoms with Crippen molar-refractivity contribution >= 4 is 27.5 Å². The molecule has 1 aromatic carbocycles. The Kier molecular flexibility index (Phi) is 5.70. The van der Waals surface area contributed by atoms with E-state index in [1.54, 1.807) is 0 Å². The van der Waals surface area contributed by atoms with Crippen LogP contribution in [-0.2, 0) is 0 Å². The molecule has 0 aromatic heterocycles. The first-order valence-electron chi connectivity index (χ1n) is 7.04. The van der Waals surface area contributed by atoms with E-state index >= 15 is 0 Å². The third-order valence-corrected chi connectivity index (χ3v) is 4.52. The monoisotopic (exact) mass is 344 g/mol. The maximum atomic E-state index is 6.36. The number of halogens is 2. The van der Waals surface area contributed by atoms with Gasteiger partial charge in [-0.1, -0.05) is 34.5 Å². The highest BCUT2D eigenvalue weighted by molar-refractivity contribution is 9.10. The Labute approximate surface area is 129 Å². The molecule has 106 valence electrons. The predicted octanol–water partition coefficient (Wildman–Crippen LogP) is 4.22. The summed E-state index contributed by atoms with van der Waals surface area (Å²) >= 11 is 9.89. The molecule has 0 heterocycles. The van der Waals surface area contributed by atoms with Gasteiger partial charge in [0.25, 0.3) is 0 Å². The minimum atomic E-state index is 0.227. The summed E-state index contributed by atoms with van der Waals surface area (Å²) in [7, 11) is 0.